The monoisotopic (exact) mass is 403 g/mol. The van der Waals surface area contributed by atoms with Gasteiger partial charge < -0.3 is 14.8 Å². The summed E-state index contributed by atoms with van der Waals surface area (Å²) in [6, 6.07) is 16.0. The lowest BCUT2D eigenvalue weighted by atomic mass is 10.1. The van der Waals surface area contributed by atoms with Crippen molar-refractivity contribution in [3.63, 3.8) is 0 Å². The molecule has 0 fully saturated rings. The van der Waals surface area contributed by atoms with E-state index in [4.69, 9.17) is 21.1 Å². The zero-order valence-corrected chi connectivity index (χ0v) is 16.1. The summed E-state index contributed by atoms with van der Waals surface area (Å²) in [5, 5.41) is 3.82. The van der Waals surface area contributed by atoms with Gasteiger partial charge in [-0.05, 0) is 47.0 Å². The number of hydrogen-bond donors (Lipinski definition) is 1. The highest BCUT2D eigenvalue weighted by molar-refractivity contribution is 6.31. The molecule has 6 heteroatoms. The third kappa shape index (κ3) is 5.44. The lowest BCUT2D eigenvalue weighted by molar-refractivity contribution is 0.284. The molecular formula is C22H20ClF2NO2. The first-order chi connectivity index (χ1) is 13.5. The van der Waals surface area contributed by atoms with Crippen LogP contribution in [0.15, 0.2) is 60.7 Å². The van der Waals surface area contributed by atoms with Crippen LogP contribution in [0, 0.1) is 11.6 Å². The molecule has 0 atom stereocenters. The molecule has 3 rings (SSSR count). The maximum Gasteiger partial charge on any atom is 0.163 e. The van der Waals surface area contributed by atoms with Gasteiger partial charge in [0.1, 0.15) is 18.2 Å². The second-order valence-corrected chi connectivity index (χ2v) is 6.65. The average Bonchev–Trinajstić information content (AvgIpc) is 2.70. The first-order valence-corrected chi connectivity index (χ1v) is 9.12. The van der Waals surface area contributed by atoms with Gasteiger partial charge in [0.15, 0.2) is 11.5 Å². The van der Waals surface area contributed by atoms with E-state index in [1.165, 1.54) is 24.3 Å². The van der Waals surface area contributed by atoms with Crippen molar-refractivity contribution in [2.24, 2.45) is 0 Å². The number of halogens is 3. The van der Waals surface area contributed by atoms with Crippen LogP contribution in [0.2, 0.25) is 5.02 Å². The number of benzene rings is 3. The minimum absolute atomic E-state index is 0.257. The Balaban J connectivity index is 1.63. The van der Waals surface area contributed by atoms with Crippen LogP contribution < -0.4 is 14.8 Å². The van der Waals surface area contributed by atoms with Crippen molar-refractivity contribution < 1.29 is 18.3 Å². The van der Waals surface area contributed by atoms with Crippen molar-refractivity contribution in [1.82, 2.24) is 5.32 Å². The molecule has 0 heterocycles. The Morgan fingerprint density at radius 3 is 2.04 bits per heavy atom. The molecule has 0 aliphatic carbocycles. The van der Waals surface area contributed by atoms with Gasteiger partial charge in [-0.1, -0.05) is 35.9 Å². The predicted octanol–water partition coefficient (Wildman–Crippen LogP) is 5.50. The molecule has 0 aliphatic rings. The summed E-state index contributed by atoms with van der Waals surface area (Å²) in [5.74, 6) is 0.527. The van der Waals surface area contributed by atoms with Crippen molar-refractivity contribution >= 4 is 11.6 Å². The number of hydrogen-bond acceptors (Lipinski definition) is 3. The predicted molar refractivity (Wildman–Crippen MR) is 106 cm³/mol. The van der Waals surface area contributed by atoms with Gasteiger partial charge in [-0.3, -0.25) is 0 Å². The van der Waals surface area contributed by atoms with E-state index in [1.807, 2.05) is 6.07 Å². The fourth-order valence-corrected chi connectivity index (χ4v) is 2.89. The standard InChI is InChI=1S/C22H20ClF2NO2/c1-27-21-10-17(13-26-12-15-2-6-18(24)7-3-15)20(23)11-22(21)28-14-16-4-8-19(25)9-5-16/h2-11,26H,12-14H2,1H3. The van der Waals surface area contributed by atoms with Crippen LogP contribution in [-0.2, 0) is 19.7 Å². The topological polar surface area (TPSA) is 30.5 Å². The molecule has 0 bridgehead atoms. The third-order valence-corrected chi connectivity index (χ3v) is 4.55. The molecule has 0 aliphatic heterocycles. The number of rotatable bonds is 8. The van der Waals surface area contributed by atoms with Crippen molar-refractivity contribution in [2.75, 3.05) is 7.11 Å². The van der Waals surface area contributed by atoms with E-state index in [0.717, 1.165) is 16.7 Å². The molecule has 0 unspecified atom stereocenters. The number of nitrogens with one attached hydrogen (secondary N) is 1. The molecule has 0 saturated carbocycles. The molecule has 3 aromatic carbocycles. The van der Waals surface area contributed by atoms with E-state index in [9.17, 15) is 8.78 Å². The quantitative estimate of drug-likeness (QED) is 0.539. The maximum absolute atomic E-state index is 13.0. The molecule has 3 nitrogen and oxygen atoms in total. The zero-order chi connectivity index (χ0) is 19.9. The highest BCUT2D eigenvalue weighted by atomic mass is 35.5. The van der Waals surface area contributed by atoms with Gasteiger partial charge in [-0.2, -0.15) is 0 Å². The Morgan fingerprint density at radius 2 is 1.43 bits per heavy atom. The van der Waals surface area contributed by atoms with Crippen LogP contribution in [0.1, 0.15) is 16.7 Å². The Kier molecular flexibility index (Phi) is 6.85. The summed E-state index contributed by atoms with van der Waals surface area (Å²) in [6.45, 7) is 1.38. The Hall–Kier alpha value is -2.63. The second-order valence-electron chi connectivity index (χ2n) is 6.24. The fraction of sp³-hybridized carbons (Fsp3) is 0.182. The van der Waals surface area contributed by atoms with Gasteiger partial charge >= 0.3 is 0 Å². The molecule has 0 saturated heterocycles. The maximum atomic E-state index is 13.0. The van der Waals surface area contributed by atoms with Gasteiger partial charge in [0, 0.05) is 24.2 Å². The van der Waals surface area contributed by atoms with Crippen molar-refractivity contribution in [1.29, 1.82) is 0 Å². The van der Waals surface area contributed by atoms with Gasteiger partial charge in [-0.25, -0.2) is 8.78 Å². The van der Waals surface area contributed by atoms with E-state index in [2.05, 4.69) is 5.32 Å². The number of methoxy groups -OCH3 is 1. The van der Waals surface area contributed by atoms with Gasteiger partial charge in [-0.15, -0.1) is 0 Å². The molecule has 0 radical (unpaired) electrons. The second kappa shape index (κ2) is 9.53. The van der Waals surface area contributed by atoms with Crippen molar-refractivity contribution in [3.8, 4) is 11.5 Å². The van der Waals surface area contributed by atoms with E-state index in [-0.39, 0.29) is 18.2 Å². The van der Waals surface area contributed by atoms with E-state index < -0.39 is 0 Å². The summed E-state index contributed by atoms with van der Waals surface area (Å²) in [4.78, 5) is 0. The summed E-state index contributed by atoms with van der Waals surface area (Å²) < 4.78 is 37.1. The molecular weight excluding hydrogens is 384 g/mol. The largest absolute Gasteiger partial charge is 0.493 e. The lowest BCUT2D eigenvalue weighted by Gasteiger charge is -2.14. The van der Waals surface area contributed by atoms with Gasteiger partial charge in [0.2, 0.25) is 0 Å². The summed E-state index contributed by atoms with van der Waals surface area (Å²) in [7, 11) is 1.56. The van der Waals surface area contributed by atoms with Crippen LogP contribution in [-0.4, -0.2) is 7.11 Å². The minimum Gasteiger partial charge on any atom is -0.493 e. The third-order valence-electron chi connectivity index (χ3n) is 4.20. The fourth-order valence-electron chi connectivity index (χ4n) is 2.67. The minimum atomic E-state index is -0.290. The summed E-state index contributed by atoms with van der Waals surface area (Å²) in [6.07, 6.45) is 0. The summed E-state index contributed by atoms with van der Waals surface area (Å²) >= 11 is 6.39. The van der Waals surface area contributed by atoms with Crippen LogP contribution in [0.4, 0.5) is 8.78 Å². The average molecular weight is 404 g/mol. The SMILES string of the molecule is COc1cc(CNCc2ccc(F)cc2)c(Cl)cc1OCc1ccc(F)cc1. The van der Waals surface area contributed by atoms with Gasteiger partial charge in [0.25, 0.3) is 0 Å². The van der Waals surface area contributed by atoms with Crippen LogP contribution >= 0.6 is 11.6 Å². The Labute approximate surface area is 167 Å². The highest BCUT2D eigenvalue weighted by Gasteiger charge is 2.11. The van der Waals surface area contributed by atoms with E-state index in [1.54, 1.807) is 37.4 Å². The van der Waals surface area contributed by atoms with Crippen LogP contribution in [0.3, 0.4) is 0 Å². The molecule has 0 spiro atoms. The first-order valence-electron chi connectivity index (χ1n) is 8.74. The first kappa shape index (κ1) is 20.1. The molecule has 28 heavy (non-hydrogen) atoms. The lowest BCUT2D eigenvalue weighted by Crippen LogP contribution is -2.13. The summed E-state index contributed by atoms with van der Waals surface area (Å²) in [5.41, 5.74) is 2.67. The molecule has 3 aromatic rings. The van der Waals surface area contributed by atoms with Crippen molar-refractivity contribution in [2.45, 2.75) is 19.7 Å². The highest BCUT2D eigenvalue weighted by Crippen LogP contribution is 2.34. The smallest absolute Gasteiger partial charge is 0.163 e. The molecule has 0 amide bonds. The van der Waals surface area contributed by atoms with Crippen LogP contribution in [0.5, 0.6) is 11.5 Å². The Bertz CT molecular complexity index is 915. The van der Waals surface area contributed by atoms with E-state index >= 15 is 0 Å². The molecule has 0 aromatic heterocycles. The molecule has 146 valence electrons. The van der Waals surface area contributed by atoms with Crippen LogP contribution in [0.25, 0.3) is 0 Å². The zero-order valence-electron chi connectivity index (χ0n) is 15.3. The molecule has 1 N–H and O–H groups in total. The van der Waals surface area contributed by atoms with Crippen molar-refractivity contribution in [3.05, 3.63) is 94.0 Å². The number of ether oxygens (including phenoxy) is 2. The Morgan fingerprint density at radius 1 is 0.821 bits per heavy atom. The van der Waals surface area contributed by atoms with E-state index in [0.29, 0.717) is 29.6 Å². The normalized spacial score (nSPS) is 10.7. The van der Waals surface area contributed by atoms with Gasteiger partial charge in [0.05, 0.1) is 7.11 Å².